The van der Waals surface area contributed by atoms with Gasteiger partial charge in [-0.25, -0.2) is 4.79 Å². The molecule has 3 aromatic rings. The van der Waals surface area contributed by atoms with Crippen LogP contribution in [0.3, 0.4) is 0 Å². The number of aryl methyl sites for hydroxylation is 1. The molecular formula is C23H27F3N4O3. The Morgan fingerprint density at radius 2 is 1.64 bits per heavy atom. The van der Waals surface area contributed by atoms with Crippen molar-refractivity contribution in [2.24, 2.45) is 7.05 Å². The topological polar surface area (TPSA) is 81.8 Å². The largest absolute Gasteiger partial charge is 0.490 e. The van der Waals surface area contributed by atoms with E-state index in [1.165, 1.54) is 11.1 Å². The summed E-state index contributed by atoms with van der Waals surface area (Å²) in [5, 5.41) is 24.5. The van der Waals surface area contributed by atoms with E-state index >= 15 is 0 Å². The molecule has 1 aromatic heterocycles. The molecule has 1 aliphatic rings. The van der Waals surface area contributed by atoms with Gasteiger partial charge in [0.1, 0.15) is 0 Å². The van der Waals surface area contributed by atoms with E-state index in [1.54, 1.807) is 0 Å². The van der Waals surface area contributed by atoms with E-state index in [1.807, 2.05) is 42.2 Å². The van der Waals surface area contributed by atoms with Crippen molar-refractivity contribution < 1.29 is 28.2 Å². The van der Waals surface area contributed by atoms with E-state index in [4.69, 9.17) is 9.90 Å². The number of hydrogen-bond donors (Lipinski definition) is 2. The van der Waals surface area contributed by atoms with Gasteiger partial charge in [0.05, 0.1) is 11.8 Å². The molecule has 1 fully saturated rings. The normalized spacial score (nSPS) is 16.3. The van der Waals surface area contributed by atoms with Crippen LogP contribution in [0.4, 0.5) is 13.2 Å². The molecule has 0 radical (unpaired) electrons. The summed E-state index contributed by atoms with van der Waals surface area (Å²) in [5.74, 6) is -2.76. The van der Waals surface area contributed by atoms with E-state index < -0.39 is 18.2 Å². The van der Waals surface area contributed by atoms with Gasteiger partial charge in [-0.3, -0.25) is 14.5 Å². The number of piperazine rings is 1. The van der Waals surface area contributed by atoms with Crippen molar-refractivity contribution in [2.75, 3.05) is 32.7 Å². The molecule has 10 heteroatoms. The number of β-amino-alcohol motifs (C(OH)–C–C–N with tert-alkyl or cyclic N) is 1. The summed E-state index contributed by atoms with van der Waals surface area (Å²) in [6.07, 6.45) is -3.68. The molecular weight excluding hydrogens is 437 g/mol. The van der Waals surface area contributed by atoms with Crippen LogP contribution < -0.4 is 0 Å². The fourth-order valence-corrected chi connectivity index (χ4v) is 3.80. The van der Waals surface area contributed by atoms with Gasteiger partial charge in [0, 0.05) is 52.5 Å². The van der Waals surface area contributed by atoms with Gasteiger partial charge in [-0.1, -0.05) is 42.5 Å². The maximum absolute atomic E-state index is 10.8. The Bertz CT molecular complexity index is 1060. The molecule has 4 rings (SSSR count). The van der Waals surface area contributed by atoms with Gasteiger partial charge in [0.15, 0.2) is 0 Å². The van der Waals surface area contributed by atoms with Crippen molar-refractivity contribution in [1.29, 1.82) is 0 Å². The molecule has 0 saturated carbocycles. The molecule has 2 N–H and O–H groups in total. The molecule has 0 aliphatic carbocycles. The molecule has 1 saturated heterocycles. The number of carbonyl (C=O) groups is 1. The highest BCUT2D eigenvalue weighted by molar-refractivity contribution is 5.86. The predicted molar refractivity (Wildman–Crippen MR) is 118 cm³/mol. The zero-order valence-corrected chi connectivity index (χ0v) is 18.2. The molecule has 0 spiro atoms. The minimum atomic E-state index is -5.08. The zero-order chi connectivity index (χ0) is 24.0. The number of aliphatic carboxylic acids is 1. The van der Waals surface area contributed by atoms with Crippen molar-refractivity contribution in [3.8, 4) is 0 Å². The second-order valence-electron chi connectivity index (χ2n) is 7.91. The second kappa shape index (κ2) is 10.8. The molecule has 1 atom stereocenters. The number of nitrogens with zero attached hydrogens (tertiary/aromatic N) is 4. The van der Waals surface area contributed by atoms with Crippen molar-refractivity contribution >= 4 is 16.7 Å². The van der Waals surface area contributed by atoms with Gasteiger partial charge in [-0.2, -0.15) is 18.3 Å². The first-order valence-corrected chi connectivity index (χ1v) is 10.5. The monoisotopic (exact) mass is 464 g/mol. The Morgan fingerprint density at radius 1 is 1.03 bits per heavy atom. The summed E-state index contributed by atoms with van der Waals surface area (Å²) in [6, 6.07) is 16.5. The Morgan fingerprint density at radius 3 is 2.24 bits per heavy atom. The SMILES string of the molecule is Cn1nccc1CN1CCN(C[C@H](O)c2cccc3ccccc23)CC1.O=C(O)C(F)(F)F. The Balaban J connectivity index is 0.000000383. The highest BCUT2D eigenvalue weighted by Crippen LogP contribution is 2.25. The number of carboxylic acids is 1. The highest BCUT2D eigenvalue weighted by atomic mass is 19.4. The first kappa shape index (κ1) is 24.7. The number of alkyl halides is 3. The fraction of sp³-hybridized carbons (Fsp3) is 0.391. The first-order valence-electron chi connectivity index (χ1n) is 10.5. The quantitative estimate of drug-likeness (QED) is 0.604. The zero-order valence-electron chi connectivity index (χ0n) is 18.2. The average Bonchev–Trinajstić information content (AvgIpc) is 3.18. The molecule has 7 nitrogen and oxygen atoms in total. The third-order valence-electron chi connectivity index (χ3n) is 5.63. The fourth-order valence-electron chi connectivity index (χ4n) is 3.80. The molecule has 0 bridgehead atoms. The van der Waals surface area contributed by atoms with Crippen LogP contribution in [0.15, 0.2) is 54.7 Å². The molecule has 0 amide bonds. The van der Waals surface area contributed by atoms with E-state index in [2.05, 4.69) is 39.2 Å². The molecule has 33 heavy (non-hydrogen) atoms. The van der Waals surface area contributed by atoms with Crippen LogP contribution in [0.5, 0.6) is 0 Å². The summed E-state index contributed by atoms with van der Waals surface area (Å²) in [4.78, 5) is 13.7. The lowest BCUT2D eigenvalue weighted by Crippen LogP contribution is -2.47. The van der Waals surface area contributed by atoms with Crippen LogP contribution >= 0.6 is 0 Å². The third kappa shape index (κ3) is 6.77. The van der Waals surface area contributed by atoms with Gasteiger partial charge < -0.3 is 10.2 Å². The lowest BCUT2D eigenvalue weighted by molar-refractivity contribution is -0.192. The van der Waals surface area contributed by atoms with Crippen LogP contribution in [0, 0.1) is 0 Å². The Hall–Kier alpha value is -2.95. The summed E-state index contributed by atoms with van der Waals surface area (Å²) < 4.78 is 33.7. The lowest BCUT2D eigenvalue weighted by Gasteiger charge is -2.35. The van der Waals surface area contributed by atoms with Crippen molar-refractivity contribution in [2.45, 2.75) is 18.8 Å². The Kier molecular flexibility index (Phi) is 8.06. The Labute approximate surface area is 189 Å². The minimum Gasteiger partial charge on any atom is -0.475 e. The predicted octanol–water partition coefficient (Wildman–Crippen LogP) is 3.06. The standard InChI is InChI=1S/C21H26N4O.C2HF3O2/c1-23-18(9-10-22-23)15-24-11-13-25(14-12-24)16-21(26)20-8-4-6-17-5-2-3-7-19(17)20;3-2(4,5)1(6)7/h2-10,21,26H,11-16H2,1H3;(H,6,7)/t21-;/m0./s1. The molecule has 0 unspecified atom stereocenters. The number of fused-ring (bicyclic) bond motifs is 1. The maximum atomic E-state index is 10.8. The maximum Gasteiger partial charge on any atom is 0.490 e. The van der Waals surface area contributed by atoms with Crippen LogP contribution in [0.25, 0.3) is 10.8 Å². The van der Waals surface area contributed by atoms with Crippen LogP contribution in [0.1, 0.15) is 17.4 Å². The molecule has 2 heterocycles. The van der Waals surface area contributed by atoms with E-state index in [0.717, 1.165) is 43.7 Å². The number of hydrogen-bond acceptors (Lipinski definition) is 5. The van der Waals surface area contributed by atoms with Crippen molar-refractivity contribution in [1.82, 2.24) is 19.6 Å². The van der Waals surface area contributed by atoms with Gasteiger partial charge >= 0.3 is 12.1 Å². The second-order valence-corrected chi connectivity index (χ2v) is 7.91. The first-order chi connectivity index (χ1) is 15.6. The number of rotatable bonds is 5. The highest BCUT2D eigenvalue weighted by Gasteiger charge is 2.38. The summed E-state index contributed by atoms with van der Waals surface area (Å²) in [7, 11) is 1.99. The average molecular weight is 464 g/mol. The van der Waals surface area contributed by atoms with E-state index in [0.29, 0.717) is 6.54 Å². The van der Waals surface area contributed by atoms with Crippen LogP contribution in [0.2, 0.25) is 0 Å². The smallest absolute Gasteiger partial charge is 0.475 e. The molecule has 1 aliphatic heterocycles. The summed E-state index contributed by atoms with van der Waals surface area (Å²) in [5.41, 5.74) is 2.27. The molecule has 2 aromatic carbocycles. The lowest BCUT2D eigenvalue weighted by atomic mass is 10.00. The number of halogens is 3. The third-order valence-corrected chi connectivity index (χ3v) is 5.63. The van der Waals surface area contributed by atoms with Gasteiger partial charge in [0.2, 0.25) is 0 Å². The van der Waals surface area contributed by atoms with E-state index in [9.17, 15) is 18.3 Å². The van der Waals surface area contributed by atoms with Gasteiger partial charge in [0.25, 0.3) is 0 Å². The number of aliphatic hydroxyl groups is 1. The number of carboxylic acid groups (broad SMARTS) is 1. The van der Waals surface area contributed by atoms with Gasteiger partial charge in [-0.05, 0) is 22.4 Å². The van der Waals surface area contributed by atoms with Crippen LogP contribution in [-0.4, -0.2) is 74.7 Å². The number of aliphatic hydroxyl groups excluding tert-OH is 1. The van der Waals surface area contributed by atoms with Gasteiger partial charge in [-0.15, -0.1) is 0 Å². The summed E-state index contributed by atoms with van der Waals surface area (Å²) in [6.45, 7) is 5.64. The summed E-state index contributed by atoms with van der Waals surface area (Å²) >= 11 is 0. The van der Waals surface area contributed by atoms with Crippen LogP contribution in [-0.2, 0) is 18.4 Å². The molecule has 178 valence electrons. The number of aromatic nitrogens is 2. The van der Waals surface area contributed by atoms with Crippen molar-refractivity contribution in [3.63, 3.8) is 0 Å². The minimum absolute atomic E-state index is 0.454. The number of benzene rings is 2. The van der Waals surface area contributed by atoms with E-state index in [-0.39, 0.29) is 0 Å². The van der Waals surface area contributed by atoms with Crippen molar-refractivity contribution in [3.05, 3.63) is 66.0 Å².